The molecule has 2 aromatic rings. The summed E-state index contributed by atoms with van der Waals surface area (Å²) in [4.78, 5) is 16.7. The number of hydrogen-bond donors (Lipinski definition) is 0. The highest BCUT2D eigenvalue weighted by atomic mass is 16.5. The summed E-state index contributed by atoms with van der Waals surface area (Å²) >= 11 is 0. The van der Waals surface area contributed by atoms with E-state index in [0.717, 1.165) is 24.5 Å². The molecule has 0 spiro atoms. The number of rotatable bonds is 8. The number of ether oxygens (including phenoxy) is 3. The molecule has 0 saturated carbocycles. The first-order valence-corrected chi connectivity index (χ1v) is 10.0. The van der Waals surface area contributed by atoms with E-state index in [4.69, 9.17) is 19.5 Å². The molecule has 1 heterocycles. The van der Waals surface area contributed by atoms with Gasteiger partial charge in [-0.05, 0) is 30.7 Å². The van der Waals surface area contributed by atoms with Crippen molar-refractivity contribution in [2.75, 3.05) is 51.9 Å². The Balaban J connectivity index is 1.42. The van der Waals surface area contributed by atoms with Gasteiger partial charge >= 0.3 is 0 Å². The van der Waals surface area contributed by atoms with Gasteiger partial charge in [0.1, 0.15) is 5.75 Å². The molecule has 0 radical (unpaired) electrons. The average molecular weight is 409 g/mol. The molecule has 0 aromatic heterocycles. The Morgan fingerprint density at radius 1 is 1.03 bits per heavy atom. The van der Waals surface area contributed by atoms with Crippen LogP contribution in [0.5, 0.6) is 17.2 Å². The molecule has 1 saturated heterocycles. The fraction of sp³-hybridized carbons (Fsp3) is 0.391. The number of carbonyl (C=O) groups is 1. The monoisotopic (exact) mass is 409 g/mol. The lowest BCUT2D eigenvalue weighted by Gasteiger charge is -2.36. The molecule has 7 heteroatoms. The van der Waals surface area contributed by atoms with Crippen LogP contribution in [0, 0.1) is 11.3 Å². The first kappa shape index (κ1) is 21.3. The number of hydrogen-bond acceptors (Lipinski definition) is 6. The first-order chi connectivity index (χ1) is 14.6. The van der Waals surface area contributed by atoms with Crippen LogP contribution in [0.15, 0.2) is 42.5 Å². The fourth-order valence-electron chi connectivity index (χ4n) is 3.44. The van der Waals surface area contributed by atoms with Gasteiger partial charge in [0.15, 0.2) is 11.5 Å². The van der Waals surface area contributed by atoms with Crippen LogP contribution in [-0.2, 0) is 4.79 Å². The van der Waals surface area contributed by atoms with Crippen molar-refractivity contribution in [2.45, 2.75) is 12.8 Å². The smallest absolute Gasteiger partial charge is 0.222 e. The largest absolute Gasteiger partial charge is 0.497 e. The van der Waals surface area contributed by atoms with E-state index in [0.29, 0.717) is 49.6 Å². The van der Waals surface area contributed by atoms with E-state index in [-0.39, 0.29) is 5.91 Å². The zero-order valence-corrected chi connectivity index (χ0v) is 17.5. The maximum absolute atomic E-state index is 12.5. The van der Waals surface area contributed by atoms with Gasteiger partial charge in [0.05, 0.1) is 32.5 Å². The predicted molar refractivity (Wildman–Crippen MR) is 114 cm³/mol. The molecule has 0 bridgehead atoms. The van der Waals surface area contributed by atoms with Gasteiger partial charge in [-0.3, -0.25) is 4.79 Å². The predicted octanol–water partition coefficient (Wildman–Crippen LogP) is 3.08. The number of carbonyl (C=O) groups excluding carboxylic acids is 1. The maximum Gasteiger partial charge on any atom is 0.222 e. The number of anilines is 1. The van der Waals surface area contributed by atoms with Gasteiger partial charge in [-0.25, -0.2) is 0 Å². The average Bonchev–Trinajstić information content (AvgIpc) is 2.81. The molecule has 1 fully saturated rings. The van der Waals surface area contributed by atoms with Crippen molar-refractivity contribution < 1.29 is 19.0 Å². The zero-order valence-electron chi connectivity index (χ0n) is 17.5. The van der Waals surface area contributed by atoms with Crippen LogP contribution in [0.2, 0.25) is 0 Å². The Bertz CT molecular complexity index is 902. The summed E-state index contributed by atoms with van der Waals surface area (Å²) < 4.78 is 16.3. The fourth-order valence-corrected chi connectivity index (χ4v) is 3.44. The van der Waals surface area contributed by atoms with Crippen molar-refractivity contribution in [3.8, 4) is 23.3 Å². The topological polar surface area (TPSA) is 75.0 Å². The summed E-state index contributed by atoms with van der Waals surface area (Å²) in [5.74, 6) is 2.09. The van der Waals surface area contributed by atoms with E-state index in [1.165, 1.54) is 7.11 Å². The van der Waals surface area contributed by atoms with Crippen molar-refractivity contribution in [3.63, 3.8) is 0 Å². The molecule has 1 aliphatic heterocycles. The molecular weight excluding hydrogens is 382 g/mol. The minimum absolute atomic E-state index is 0.149. The minimum atomic E-state index is 0.149. The number of benzene rings is 2. The minimum Gasteiger partial charge on any atom is -0.497 e. The van der Waals surface area contributed by atoms with Crippen LogP contribution in [0.3, 0.4) is 0 Å². The molecule has 0 aliphatic carbocycles. The first-order valence-electron chi connectivity index (χ1n) is 10.0. The van der Waals surface area contributed by atoms with Crippen LogP contribution in [0.1, 0.15) is 18.4 Å². The Morgan fingerprint density at radius 3 is 2.53 bits per heavy atom. The molecule has 0 N–H and O–H groups in total. The van der Waals surface area contributed by atoms with Crippen molar-refractivity contribution in [1.29, 1.82) is 5.26 Å². The van der Waals surface area contributed by atoms with Crippen molar-refractivity contribution in [2.24, 2.45) is 0 Å². The van der Waals surface area contributed by atoms with E-state index in [9.17, 15) is 4.79 Å². The zero-order chi connectivity index (χ0) is 21.3. The van der Waals surface area contributed by atoms with Gasteiger partial charge in [0, 0.05) is 50.4 Å². The standard InChI is InChI=1S/C23H27N3O4/c1-28-20-6-3-5-19(16-20)25-10-12-26(13-11-25)23(27)7-4-14-30-21-9-8-18(17-24)15-22(21)29-2/h3,5-6,8-9,15-16H,4,7,10-14H2,1-2H3. The van der Waals surface area contributed by atoms with E-state index >= 15 is 0 Å². The van der Waals surface area contributed by atoms with Gasteiger partial charge in [0.25, 0.3) is 0 Å². The lowest BCUT2D eigenvalue weighted by Crippen LogP contribution is -2.48. The van der Waals surface area contributed by atoms with Crippen molar-refractivity contribution in [3.05, 3.63) is 48.0 Å². The van der Waals surface area contributed by atoms with Crippen LogP contribution in [0.25, 0.3) is 0 Å². The second kappa shape index (κ2) is 10.4. The molecule has 30 heavy (non-hydrogen) atoms. The van der Waals surface area contributed by atoms with E-state index in [1.807, 2.05) is 23.1 Å². The van der Waals surface area contributed by atoms with Gasteiger partial charge in [-0.2, -0.15) is 5.26 Å². The lowest BCUT2D eigenvalue weighted by molar-refractivity contribution is -0.131. The third-order valence-corrected chi connectivity index (χ3v) is 5.14. The number of piperazine rings is 1. The molecule has 7 nitrogen and oxygen atoms in total. The highest BCUT2D eigenvalue weighted by Crippen LogP contribution is 2.28. The van der Waals surface area contributed by atoms with Crippen LogP contribution in [0.4, 0.5) is 5.69 Å². The van der Waals surface area contributed by atoms with Gasteiger partial charge < -0.3 is 24.0 Å². The lowest BCUT2D eigenvalue weighted by atomic mass is 10.2. The summed E-state index contributed by atoms with van der Waals surface area (Å²) in [7, 11) is 3.20. The molecular formula is C23H27N3O4. The molecule has 1 amide bonds. The number of nitrogens with zero attached hydrogens (tertiary/aromatic N) is 3. The molecule has 1 aliphatic rings. The highest BCUT2D eigenvalue weighted by molar-refractivity contribution is 5.76. The number of nitriles is 1. The quantitative estimate of drug-likeness (QED) is 0.624. The molecule has 0 unspecified atom stereocenters. The molecule has 0 atom stereocenters. The van der Waals surface area contributed by atoms with Crippen molar-refractivity contribution >= 4 is 11.6 Å². The molecule has 3 rings (SSSR count). The van der Waals surface area contributed by atoms with Crippen LogP contribution < -0.4 is 19.1 Å². The number of methoxy groups -OCH3 is 2. The Kier molecular flexibility index (Phi) is 7.39. The maximum atomic E-state index is 12.5. The van der Waals surface area contributed by atoms with Crippen LogP contribution >= 0.6 is 0 Å². The summed E-state index contributed by atoms with van der Waals surface area (Å²) in [6, 6.07) is 15.1. The van der Waals surface area contributed by atoms with E-state index in [1.54, 1.807) is 25.3 Å². The van der Waals surface area contributed by atoms with E-state index in [2.05, 4.69) is 17.0 Å². The molecule has 2 aromatic carbocycles. The third-order valence-electron chi connectivity index (χ3n) is 5.14. The van der Waals surface area contributed by atoms with Crippen molar-refractivity contribution in [1.82, 2.24) is 4.90 Å². The second-order valence-electron chi connectivity index (χ2n) is 7.00. The molecule has 158 valence electrons. The normalized spacial score (nSPS) is 13.5. The summed E-state index contributed by atoms with van der Waals surface area (Å²) in [5.41, 5.74) is 1.63. The summed E-state index contributed by atoms with van der Waals surface area (Å²) in [5, 5.41) is 8.96. The number of amides is 1. The van der Waals surface area contributed by atoms with Gasteiger partial charge in [0.2, 0.25) is 5.91 Å². The third kappa shape index (κ3) is 5.35. The SMILES string of the molecule is COc1cccc(N2CCN(C(=O)CCCOc3ccc(C#N)cc3OC)CC2)c1. The Morgan fingerprint density at radius 2 is 1.83 bits per heavy atom. The van der Waals surface area contributed by atoms with Crippen LogP contribution in [-0.4, -0.2) is 57.8 Å². The second-order valence-corrected chi connectivity index (χ2v) is 7.00. The Labute approximate surface area is 177 Å². The summed E-state index contributed by atoms with van der Waals surface area (Å²) in [6.45, 7) is 3.44. The summed E-state index contributed by atoms with van der Waals surface area (Å²) in [6.07, 6.45) is 1.07. The van der Waals surface area contributed by atoms with Gasteiger partial charge in [-0.1, -0.05) is 6.07 Å². The Hall–Kier alpha value is -3.40. The van der Waals surface area contributed by atoms with E-state index < -0.39 is 0 Å². The van der Waals surface area contributed by atoms with Gasteiger partial charge in [-0.15, -0.1) is 0 Å². The highest BCUT2D eigenvalue weighted by Gasteiger charge is 2.21.